The molecule has 0 radical (unpaired) electrons. The molecular weight excluding hydrogens is 1500 g/mol. The Bertz CT molecular complexity index is 4650. The Labute approximate surface area is 677 Å². The molecule has 1 saturated heterocycles. The van der Waals surface area contributed by atoms with E-state index in [1.165, 1.54) is 24.3 Å². The number of aromatic nitrogens is 6. The lowest BCUT2D eigenvalue weighted by molar-refractivity contribution is -0.596. The average Bonchev–Trinajstić information content (AvgIpc) is 0.880. The summed E-state index contributed by atoms with van der Waals surface area (Å²) in [7, 11) is -0.177. The van der Waals surface area contributed by atoms with Gasteiger partial charge in [-0.2, -0.15) is 9.46 Å². The molecule has 0 bridgehead atoms. The molecule has 6 aromatic carbocycles. The highest BCUT2D eigenvalue weighted by atomic mass is 79.9. The first-order valence-electron chi connectivity index (χ1n) is 32.4. The number of carboxylic acid groups (broad SMARTS) is 3. The predicted molar refractivity (Wildman–Crippen MR) is 468 cm³/mol. The van der Waals surface area contributed by atoms with Crippen LogP contribution < -0.4 is 46.9 Å². The number of halogens is 1. The number of hydrogen-bond donors (Lipinski definition) is 7. The molecule has 0 saturated carbocycles. The number of aromatic carboxylic acids is 3. The number of nitrogens with one attached hydrogen (secondary N) is 1. The number of amides is 1. The largest absolute Gasteiger partial charge is 0.618 e. The second-order valence-electron chi connectivity index (χ2n) is 22.1. The maximum atomic E-state index is 12.7. The number of nitrogens with zero attached hydrogens (tertiary/aromatic N) is 6. The minimum atomic E-state index is -1.23. The quantitative estimate of drug-likeness (QED) is 0.0185. The molecule has 604 valence electrons. The molecular formula is C88H114BBrN10O13. The lowest BCUT2D eigenvalue weighted by atomic mass is 9.76. The van der Waals surface area contributed by atoms with E-state index in [4.69, 9.17) is 51.3 Å². The molecule has 13 rings (SSSR count). The third-order valence-corrected chi connectivity index (χ3v) is 14.2. The monoisotopic (exact) mass is 1610 g/mol. The highest BCUT2D eigenvalue weighted by Gasteiger charge is 2.33. The van der Waals surface area contributed by atoms with E-state index >= 15 is 0 Å². The van der Waals surface area contributed by atoms with Crippen molar-refractivity contribution >= 4 is 75.3 Å². The minimum Gasteiger partial charge on any atom is -0.618 e. The summed E-state index contributed by atoms with van der Waals surface area (Å²) in [5.74, 6) is -0.446. The number of pyridine rings is 6. The summed E-state index contributed by atoms with van der Waals surface area (Å²) in [4.78, 5) is 59.9. The van der Waals surface area contributed by atoms with Crippen molar-refractivity contribution in [2.24, 2.45) is 5.41 Å². The van der Waals surface area contributed by atoms with Crippen LogP contribution in [0.15, 0.2) is 284 Å². The van der Waals surface area contributed by atoms with Gasteiger partial charge in [0.15, 0.2) is 0 Å². The zero-order valence-corrected chi connectivity index (χ0v) is 59.4. The van der Waals surface area contributed by atoms with Gasteiger partial charge in [0, 0.05) is 95.5 Å². The highest BCUT2D eigenvalue weighted by molar-refractivity contribution is 9.10. The number of carbonyl (C=O) groups is 4. The molecule has 7 heterocycles. The number of hydrogen-bond acceptors (Lipinski definition) is 17. The van der Waals surface area contributed by atoms with Crippen molar-refractivity contribution in [3.8, 4) is 56.8 Å². The predicted octanol–water partition coefficient (Wildman–Crippen LogP) is 21.0. The topological polar surface area (TPSA) is 361 Å². The summed E-state index contributed by atoms with van der Waals surface area (Å²) in [5, 5.41) is 53.2. The molecule has 113 heavy (non-hydrogen) atoms. The average molecular weight is 1610 g/mol. The van der Waals surface area contributed by atoms with Gasteiger partial charge in [-0.3, -0.25) is 4.79 Å². The summed E-state index contributed by atoms with van der Waals surface area (Å²) in [6, 6.07) is 77.3. The standard InChI is InChI=1S/C23H18N4O3.C12H9NO3.C12H9NO2.C11H15BO2.C11H11N3O.C6H4BrNO2.2C2H6.9CH4/c24-22-15-19(13-14-25-22)30-18-11-9-17(10-12-18)26-23(28)21-8-4-7-20(27(21)29)16-5-2-1-3-6-16;14-12(15)11-8-4-7-10(13(11)16)9-5-2-1-3-6-9;14-12(15)11-8-4-7-10(13-11)9-5-2-1-3-6-9;1-11(2)8-13-12(14-9-11)10-6-4-3-5-7-10;12-8-1-3-9(4-2-8)15-10-5-6-14-11(13)7-10;7-5-3-1-2-4(8-5)6(9)10;2*1-2;;;;;;;;;/h1-15H,(H2,24,25)(H,26,28);1-8H,(H,14,15);1-8H,(H,14,15);3-7H,8-9H2,1-2H3;1-7H,12H2,(H2,13,14);1-3H,(H,9,10);2*1-2H3;9*1H4. The van der Waals surface area contributed by atoms with Crippen LogP contribution in [0, 0.1) is 15.8 Å². The molecule has 1 amide bonds. The van der Waals surface area contributed by atoms with Gasteiger partial charge < -0.3 is 67.0 Å². The van der Waals surface area contributed by atoms with Crippen molar-refractivity contribution in [2.45, 2.75) is 108 Å². The Hall–Kier alpha value is -12.8. The minimum absolute atomic E-state index is 0. The normalized spacial score (nSPS) is 10.3. The Kier molecular flexibility index (Phi) is 52.4. The van der Waals surface area contributed by atoms with Gasteiger partial charge in [-0.25, -0.2) is 34.3 Å². The molecule has 0 unspecified atom stereocenters. The van der Waals surface area contributed by atoms with E-state index in [0.29, 0.717) is 77.0 Å². The zero-order valence-electron chi connectivity index (χ0n) is 57.8. The van der Waals surface area contributed by atoms with E-state index in [2.05, 4.69) is 55.0 Å². The van der Waals surface area contributed by atoms with E-state index < -0.39 is 23.8 Å². The summed E-state index contributed by atoms with van der Waals surface area (Å²) in [6.45, 7) is 13.8. The molecule has 12 aromatic rings. The number of anilines is 4. The van der Waals surface area contributed by atoms with Crippen molar-refractivity contribution in [2.75, 3.05) is 35.7 Å². The number of nitrogen functional groups attached to an aromatic ring is 3. The van der Waals surface area contributed by atoms with Gasteiger partial charge in [0.05, 0.1) is 5.69 Å². The fourth-order valence-electron chi connectivity index (χ4n) is 8.90. The van der Waals surface area contributed by atoms with E-state index in [1.54, 1.807) is 158 Å². The van der Waals surface area contributed by atoms with Crippen molar-refractivity contribution in [1.29, 1.82) is 0 Å². The molecule has 6 aromatic heterocycles. The molecule has 25 heteroatoms. The smallest absolute Gasteiger partial charge is 0.493 e. The maximum absolute atomic E-state index is 12.7. The van der Waals surface area contributed by atoms with Crippen molar-refractivity contribution < 1.29 is 62.7 Å². The van der Waals surface area contributed by atoms with Crippen LogP contribution in [0.1, 0.15) is 150 Å². The molecule has 0 aliphatic carbocycles. The van der Waals surface area contributed by atoms with Crippen LogP contribution in [-0.4, -0.2) is 79.4 Å². The van der Waals surface area contributed by atoms with Crippen LogP contribution in [0.4, 0.5) is 23.0 Å². The van der Waals surface area contributed by atoms with Gasteiger partial charge in [-0.1, -0.05) is 218 Å². The first kappa shape index (κ1) is 107. The SMILES string of the molecule is C.C.C.C.C.C.C.C.C.CC.CC.CC1(C)COB(c2ccccc2)OC1.Nc1cc(Oc2ccc(NC(=O)c3cccc(-c4ccccc4)[n+]3[O-])cc2)ccn1.Nc1ccc(Oc2ccnc(N)c2)cc1.O=C(O)c1cccc(-c2ccccc2)[n+]1[O-].O=C(O)c1cccc(-c2ccccc2)n1.O=C(O)c1cccc(Br)n1. The van der Waals surface area contributed by atoms with Gasteiger partial charge in [-0.05, 0) is 143 Å². The van der Waals surface area contributed by atoms with E-state index in [9.17, 15) is 29.6 Å². The van der Waals surface area contributed by atoms with Gasteiger partial charge in [0.25, 0.3) is 5.69 Å². The number of nitrogens with two attached hydrogens (primary N) is 3. The Morgan fingerprint density at radius 1 is 0.451 bits per heavy atom. The van der Waals surface area contributed by atoms with Crippen LogP contribution in [-0.2, 0) is 9.31 Å². The second kappa shape index (κ2) is 55.5. The van der Waals surface area contributed by atoms with Crippen LogP contribution in [0.25, 0.3) is 33.8 Å². The molecule has 0 spiro atoms. The van der Waals surface area contributed by atoms with Gasteiger partial charge in [0.1, 0.15) is 50.6 Å². The number of benzene rings is 6. The fourth-order valence-corrected chi connectivity index (χ4v) is 9.24. The third-order valence-electron chi connectivity index (χ3n) is 13.7. The summed E-state index contributed by atoms with van der Waals surface area (Å²) in [6.07, 6.45) is 3.16. The molecule has 23 nitrogen and oxygen atoms in total. The summed E-state index contributed by atoms with van der Waals surface area (Å²) >= 11 is 3.06. The van der Waals surface area contributed by atoms with Crippen LogP contribution >= 0.6 is 15.9 Å². The first-order valence-corrected chi connectivity index (χ1v) is 33.2. The Morgan fingerprint density at radius 3 is 1.24 bits per heavy atom. The van der Waals surface area contributed by atoms with Crippen molar-refractivity contribution in [3.05, 3.63) is 317 Å². The van der Waals surface area contributed by atoms with Crippen LogP contribution in [0.3, 0.4) is 0 Å². The molecule has 1 fully saturated rings. The van der Waals surface area contributed by atoms with Crippen LogP contribution in [0.2, 0.25) is 0 Å². The van der Waals surface area contributed by atoms with Crippen molar-refractivity contribution in [1.82, 2.24) is 19.9 Å². The van der Waals surface area contributed by atoms with Crippen LogP contribution in [0.5, 0.6) is 23.0 Å². The van der Waals surface area contributed by atoms with Crippen molar-refractivity contribution in [3.63, 3.8) is 0 Å². The maximum Gasteiger partial charge on any atom is 0.493 e. The number of rotatable bonds is 13. The fraction of sp³-hybridized carbons (Fsp3) is 0.205. The lowest BCUT2D eigenvalue weighted by Gasteiger charge is -2.33. The highest BCUT2D eigenvalue weighted by Crippen LogP contribution is 2.27. The summed E-state index contributed by atoms with van der Waals surface area (Å²) in [5.41, 5.74) is 22.8. The van der Waals surface area contributed by atoms with Gasteiger partial charge in [0.2, 0.25) is 11.4 Å². The zero-order chi connectivity index (χ0) is 75.4. The number of ether oxygens (including phenoxy) is 2. The summed E-state index contributed by atoms with van der Waals surface area (Å²) < 4.78 is 24.2. The Balaban J connectivity index is -0.000000635. The van der Waals surface area contributed by atoms with Gasteiger partial charge >= 0.3 is 36.6 Å². The lowest BCUT2D eigenvalue weighted by Crippen LogP contribution is -2.47. The second-order valence-corrected chi connectivity index (χ2v) is 22.9. The molecule has 0 atom stereocenters. The third kappa shape index (κ3) is 35.2. The molecule has 1 aliphatic rings. The van der Waals surface area contributed by atoms with Gasteiger partial charge in [-0.15, -0.1) is 0 Å². The molecule has 1 aliphatic heterocycles. The van der Waals surface area contributed by atoms with E-state index in [1.807, 2.05) is 125 Å². The number of carboxylic acids is 3. The van der Waals surface area contributed by atoms with E-state index in [0.717, 1.165) is 35.6 Å². The Morgan fingerprint density at radius 2 is 0.832 bits per heavy atom. The first-order chi connectivity index (χ1) is 50.2. The number of carbonyl (C=O) groups excluding carboxylic acids is 1. The molecule has 10 N–H and O–H groups in total. The van der Waals surface area contributed by atoms with E-state index in [-0.39, 0.29) is 102 Å².